The maximum Gasteiger partial charge on any atom is 0.321 e. The lowest BCUT2D eigenvalue weighted by Gasteiger charge is -2.28. The molecule has 0 bridgehead atoms. The number of benzene rings is 1. The maximum absolute atomic E-state index is 12.5. The molecular weight excluding hydrogens is 302 g/mol. The van der Waals surface area contributed by atoms with E-state index < -0.39 is 0 Å². The fourth-order valence-electron chi connectivity index (χ4n) is 2.67. The molecule has 1 saturated heterocycles. The van der Waals surface area contributed by atoms with E-state index in [1.165, 1.54) is 0 Å². The number of urea groups is 1. The summed E-state index contributed by atoms with van der Waals surface area (Å²) in [5, 5.41) is 3.41. The molecule has 1 atom stereocenters. The van der Waals surface area contributed by atoms with Gasteiger partial charge in [0.25, 0.3) is 0 Å². The van der Waals surface area contributed by atoms with E-state index in [-0.39, 0.29) is 6.03 Å². The Balaban J connectivity index is 2.02. The van der Waals surface area contributed by atoms with E-state index >= 15 is 0 Å². The zero-order chi connectivity index (χ0) is 16.1. The van der Waals surface area contributed by atoms with E-state index in [0.29, 0.717) is 22.5 Å². The minimum absolute atomic E-state index is 0.0741. The van der Waals surface area contributed by atoms with E-state index in [1.54, 1.807) is 25.3 Å². The van der Waals surface area contributed by atoms with Gasteiger partial charge in [-0.2, -0.15) is 0 Å². The van der Waals surface area contributed by atoms with E-state index in [4.69, 9.17) is 16.3 Å². The topological polar surface area (TPSA) is 44.8 Å². The van der Waals surface area contributed by atoms with Crippen LogP contribution in [0.15, 0.2) is 18.2 Å². The van der Waals surface area contributed by atoms with Gasteiger partial charge >= 0.3 is 6.03 Å². The SMILES string of the molecule is COc1ccc(NC(=O)N2CCCCC(N(C)C)C2)cc1Cl. The number of halogens is 1. The third-order valence-electron chi connectivity index (χ3n) is 4.07. The number of rotatable bonds is 3. The lowest BCUT2D eigenvalue weighted by molar-refractivity contribution is 0.189. The van der Waals surface area contributed by atoms with Crippen LogP contribution in [0.3, 0.4) is 0 Å². The average molecular weight is 326 g/mol. The minimum atomic E-state index is -0.0741. The summed E-state index contributed by atoms with van der Waals surface area (Å²) in [4.78, 5) is 16.6. The highest BCUT2D eigenvalue weighted by Crippen LogP contribution is 2.27. The molecule has 2 rings (SSSR count). The number of hydrogen-bond acceptors (Lipinski definition) is 3. The van der Waals surface area contributed by atoms with Crippen LogP contribution < -0.4 is 10.1 Å². The van der Waals surface area contributed by atoms with Crippen molar-refractivity contribution in [2.45, 2.75) is 25.3 Å². The molecule has 5 nitrogen and oxygen atoms in total. The highest BCUT2D eigenvalue weighted by Gasteiger charge is 2.23. The molecular formula is C16H24ClN3O2. The van der Waals surface area contributed by atoms with Crippen molar-refractivity contribution < 1.29 is 9.53 Å². The highest BCUT2D eigenvalue weighted by molar-refractivity contribution is 6.32. The minimum Gasteiger partial charge on any atom is -0.495 e. The third-order valence-corrected chi connectivity index (χ3v) is 4.36. The van der Waals surface area contributed by atoms with Gasteiger partial charge in [-0.15, -0.1) is 0 Å². The number of carbonyl (C=O) groups is 1. The van der Waals surface area contributed by atoms with Gasteiger partial charge < -0.3 is 19.9 Å². The quantitative estimate of drug-likeness (QED) is 0.927. The number of carbonyl (C=O) groups excluding carboxylic acids is 1. The summed E-state index contributed by atoms with van der Waals surface area (Å²) in [6.07, 6.45) is 3.33. The van der Waals surface area contributed by atoms with Crippen LogP contribution in [0.4, 0.5) is 10.5 Å². The average Bonchev–Trinajstić information content (AvgIpc) is 2.73. The summed E-state index contributed by atoms with van der Waals surface area (Å²) in [7, 11) is 5.70. The number of nitrogens with one attached hydrogen (secondary N) is 1. The van der Waals surface area contributed by atoms with Gasteiger partial charge in [0, 0.05) is 24.8 Å². The van der Waals surface area contributed by atoms with Crippen LogP contribution in [-0.2, 0) is 0 Å². The first-order chi connectivity index (χ1) is 10.5. The number of nitrogens with zero attached hydrogens (tertiary/aromatic N) is 2. The molecule has 1 fully saturated rings. The fraction of sp³-hybridized carbons (Fsp3) is 0.562. The smallest absolute Gasteiger partial charge is 0.321 e. The molecule has 1 aromatic carbocycles. The molecule has 1 unspecified atom stereocenters. The summed E-state index contributed by atoms with van der Waals surface area (Å²) in [6, 6.07) is 5.59. The van der Waals surface area contributed by atoms with E-state index in [1.807, 2.05) is 4.90 Å². The van der Waals surface area contributed by atoms with E-state index in [9.17, 15) is 4.79 Å². The second kappa shape index (κ2) is 7.70. The second-order valence-electron chi connectivity index (χ2n) is 5.84. The van der Waals surface area contributed by atoms with Crippen molar-refractivity contribution in [3.05, 3.63) is 23.2 Å². The number of methoxy groups -OCH3 is 1. The Morgan fingerprint density at radius 1 is 1.41 bits per heavy atom. The van der Waals surface area contributed by atoms with Crippen LogP contribution in [0.2, 0.25) is 5.02 Å². The normalized spacial score (nSPS) is 19.0. The predicted molar refractivity (Wildman–Crippen MR) is 89.9 cm³/mol. The zero-order valence-corrected chi connectivity index (χ0v) is 14.2. The molecule has 22 heavy (non-hydrogen) atoms. The third kappa shape index (κ3) is 4.27. The van der Waals surface area contributed by atoms with Crippen LogP contribution in [0, 0.1) is 0 Å². The standard InChI is InChI=1S/C16H24ClN3O2/c1-19(2)13-6-4-5-9-20(11-13)16(21)18-12-7-8-15(22-3)14(17)10-12/h7-8,10,13H,4-6,9,11H2,1-3H3,(H,18,21). The largest absolute Gasteiger partial charge is 0.495 e. The molecule has 1 aromatic rings. The Morgan fingerprint density at radius 2 is 2.18 bits per heavy atom. The number of hydrogen-bond donors (Lipinski definition) is 1. The predicted octanol–water partition coefficient (Wildman–Crippen LogP) is 3.30. The molecule has 0 aliphatic carbocycles. The summed E-state index contributed by atoms with van der Waals surface area (Å²) in [5.41, 5.74) is 0.682. The first-order valence-corrected chi connectivity index (χ1v) is 7.95. The van der Waals surface area contributed by atoms with Gasteiger partial charge in [0.15, 0.2) is 0 Å². The first-order valence-electron chi connectivity index (χ1n) is 7.57. The number of likely N-dealkylation sites (tertiary alicyclic amines) is 1. The zero-order valence-electron chi connectivity index (χ0n) is 13.4. The summed E-state index contributed by atoms with van der Waals surface area (Å²) in [5.74, 6) is 0.599. The molecule has 1 N–H and O–H groups in total. The van der Waals surface area contributed by atoms with Crippen LogP contribution >= 0.6 is 11.6 Å². The van der Waals surface area contributed by atoms with Gasteiger partial charge in [0.05, 0.1) is 12.1 Å². The monoisotopic (exact) mass is 325 g/mol. The Labute approximate surface area is 137 Å². The Kier molecular flexibility index (Phi) is 5.91. The molecule has 0 aromatic heterocycles. The van der Waals surface area contributed by atoms with Gasteiger partial charge in [-0.1, -0.05) is 18.0 Å². The number of likely N-dealkylation sites (N-methyl/N-ethyl adjacent to an activating group) is 1. The Morgan fingerprint density at radius 3 is 2.82 bits per heavy atom. The van der Waals surface area contributed by atoms with Gasteiger partial charge in [-0.25, -0.2) is 4.79 Å². The summed E-state index contributed by atoms with van der Waals surface area (Å²) >= 11 is 6.09. The fourth-order valence-corrected chi connectivity index (χ4v) is 2.93. The Bertz CT molecular complexity index is 522. The molecule has 0 radical (unpaired) electrons. The molecule has 0 spiro atoms. The van der Waals surface area contributed by atoms with Crippen LogP contribution in [-0.4, -0.2) is 56.2 Å². The van der Waals surface area contributed by atoms with E-state index in [0.717, 1.165) is 32.4 Å². The van der Waals surface area contributed by atoms with Crippen LogP contribution in [0.5, 0.6) is 5.75 Å². The number of ether oxygens (including phenoxy) is 1. The van der Waals surface area contributed by atoms with E-state index in [2.05, 4.69) is 24.3 Å². The molecule has 1 aliphatic heterocycles. The summed E-state index contributed by atoms with van der Waals surface area (Å²) in [6.45, 7) is 1.54. The lowest BCUT2D eigenvalue weighted by atomic mass is 10.1. The van der Waals surface area contributed by atoms with Crippen molar-refractivity contribution in [3.8, 4) is 5.75 Å². The van der Waals surface area contributed by atoms with Crippen LogP contribution in [0.1, 0.15) is 19.3 Å². The molecule has 6 heteroatoms. The van der Waals surface area contributed by atoms with Crippen molar-refractivity contribution >= 4 is 23.3 Å². The van der Waals surface area contributed by atoms with Gasteiger partial charge in [-0.05, 0) is 45.1 Å². The maximum atomic E-state index is 12.5. The van der Waals surface area contributed by atoms with Crippen molar-refractivity contribution in [1.29, 1.82) is 0 Å². The highest BCUT2D eigenvalue weighted by atomic mass is 35.5. The summed E-state index contributed by atoms with van der Waals surface area (Å²) < 4.78 is 5.12. The molecule has 122 valence electrons. The van der Waals surface area contributed by atoms with Crippen molar-refractivity contribution in [2.75, 3.05) is 39.6 Å². The number of anilines is 1. The lowest BCUT2D eigenvalue weighted by Crippen LogP contribution is -2.43. The van der Waals surface area contributed by atoms with Gasteiger partial charge in [-0.3, -0.25) is 0 Å². The van der Waals surface area contributed by atoms with Crippen molar-refractivity contribution in [2.24, 2.45) is 0 Å². The molecule has 1 heterocycles. The van der Waals surface area contributed by atoms with Crippen molar-refractivity contribution in [1.82, 2.24) is 9.80 Å². The Hall–Kier alpha value is -1.46. The van der Waals surface area contributed by atoms with Crippen molar-refractivity contribution in [3.63, 3.8) is 0 Å². The first kappa shape index (κ1) is 16.9. The molecule has 2 amide bonds. The molecule has 1 aliphatic rings. The van der Waals surface area contributed by atoms with Crippen LogP contribution in [0.25, 0.3) is 0 Å². The number of amides is 2. The second-order valence-corrected chi connectivity index (χ2v) is 6.25. The van der Waals surface area contributed by atoms with Gasteiger partial charge in [0.2, 0.25) is 0 Å². The van der Waals surface area contributed by atoms with Gasteiger partial charge in [0.1, 0.15) is 5.75 Å². The molecule has 0 saturated carbocycles.